The summed E-state index contributed by atoms with van der Waals surface area (Å²) in [5, 5.41) is 1.78. The van der Waals surface area contributed by atoms with Crippen LogP contribution in [0.1, 0.15) is 13.3 Å². The highest BCUT2D eigenvalue weighted by atomic mass is 19.4. The van der Waals surface area contributed by atoms with Crippen LogP contribution in [0.25, 0.3) is 0 Å². The zero-order valence-corrected chi connectivity index (χ0v) is 12.9. The van der Waals surface area contributed by atoms with Crippen molar-refractivity contribution in [1.29, 1.82) is 0 Å². The Kier molecular flexibility index (Phi) is 6.96. The summed E-state index contributed by atoms with van der Waals surface area (Å²) in [6.45, 7) is -0.637. The molecule has 16 heteroatoms. The molecule has 0 heterocycles. The Morgan fingerprint density at radius 3 is 1.52 bits per heavy atom. The Morgan fingerprint density at radius 2 is 1.15 bits per heavy atom. The van der Waals surface area contributed by atoms with Gasteiger partial charge < -0.3 is 10.1 Å². The molecule has 0 spiro atoms. The van der Waals surface area contributed by atoms with Gasteiger partial charge in [-0.15, -0.1) is 0 Å². The van der Waals surface area contributed by atoms with Gasteiger partial charge in [0.15, 0.2) is 0 Å². The van der Waals surface area contributed by atoms with Crippen molar-refractivity contribution in [2.75, 3.05) is 13.2 Å². The van der Waals surface area contributed by atoms with E-state index in [9.17, 15) is 61.9 Å². The minimum Gasteiger partial charge on any atom is -0.449 e. The number of halogens is 13. The molecule has 0 aliphatic carbocycles. The molecule has 0 atom stereocenters. The summed E-state index contributed by atoms with van der Waals surface area (Å²) >= 11 is 0. The summed E-state index contributed by atoms with van der Waals surface area (Å²) in [4.78, 5) is 10.7. The predicted molar refractivity (Wildman–Crippen MR) is 60.4 cm³/mol. The molecule has 0 aromatic carbocycles. The fourth-order valence-electron chi connectivity index (χ4n) is 1.43. The fourth-order valence-corrected chi connectivity index (χ4v) is 1.43. The normalized spacial score (nSPS) is 14.9. The third-order valence-corrected chi connectivity index (χ3v) is 2.97. The summed E-state index contributed by atoms with van der Waals surface area (Å²) in [6, 6.07) is 0. The van der Waals surface area contributed by atoms with Gasteiger partial charge in [-0.2, -0.15) is 57.1 Å². The lowest BCUT2D eigenvalue weighted by Crippen LogP contribution is -2.70. The lowest BCUT2D eigenvalue weighted by atomic mass is 9.93. The smallest absolute Gasteiger partial charge is 0.449 e. The van der Waals surface area contributed by atoms with E-state index >= 15 is 0 Å². The molecule has 0 aliphatic heterocycles. The van der Waals surface area contributed by atoms with Gasteiger partial charge in [-0.1, -0.05) is 0 Å². The molecule has 0 unspecified atom stereocenters. The van der Waals surface area contributed by atoms with Crippen LogP contribution < -0.4 is 5.32 Å². The number of hydrogen-bond acceptors (Lipinski definition) is 2. The summed E-state index contributed by atoms with van der Waals surface area (Å²) in [6.07, 6.45) is -11.5. The number of hydrogen-bond donors (Lipinski definition) is 1. The zero-order chi connectivity index (χ0) is 22.1. The van der Waals surface area contributed by atoms with E-state index in [4.69, 9.17) is 0 Å². The van der Waals surface area contributed by atoms with Gasteiger partial charge >= 0.3 is 41.9 Å². The van der Waals surface area contributed by atoms with Gasteiger partial charge in [0.25, 0.3) is 0 Å². The maximum Gasteiger partial charge on any atom is 0.460 e. The van der Waals surface area contributed by atoms with E-state index in [2.05, 4.69) is 4.74 Å². The molecule has 0 saturated carbocycles. The number of ether oxygens (including phenoxy) is 1. The van der Waals surface area contributed by atoms with Crippen molar-refractivity contribution < 1.29 is 66.6 Å². The summed E-state index contributed by atoms with van der Waals surface area (Å²) in [5.41, 5.74) is 0. The molecule has 0 bridgehead atoms. The molecule has 1 amide bonds. The van der Waals surface area contributed by atoms with E-state index in [1.165, 1.54) is 6.92 Å². The first-order valence-electron chi connectivity index (χ1n) is 6.57. The van der Waals surface area contributed by atoms with Gasteiger partial charge in [0.05, 0.1) is 13.0 Å². The number of alkyl carbamates (subject to hydrolysis) is 1. The Labute approximate surface area is 141 Å². The number of carbonyl (C=O) groups is 1. The summed E-state index contributed by atoms with van der Waals surface area (Å²) in [5.74, 6) is -37.2. The second-order valence-corrected chi connectivity index (χ2v) is 4.92. The Bertz CT molecular complexity index is 529. The second-order valence-electron chi connectivity index (χ2n) is 4.92. The first-order valence-corrected chi connectivity index (χ1v) is 6.57. The third-order valence-electron chi connectivity index (χ3n) is 2.97. The molecule has 0 aromatic heterocycles. The van der Waals surface area contributed by atoms with Crippen molar-refractivity contribution in [2.24, 2.45) is 0 Å². The highest BCUT2D eigenvalue weighted by Gasteiger charge is 2.90. The fraction of sp³-hybridized carbons (Fsp3) is 0.909. The first kappa shape index (κ1) is 25.4. The Balaban J connectivity index is 5.71. The van der Waals surface area contributed by atoms with Crippen LogP contribution in [0.3, 0.4) is 0 Å². The van der Waals surface area contributed by atoms with E-state index in [1.807, 2.05) is 0 Å². The molecular weight excluding hydrogens is 425 g/mol. The van der Waals surface area contributed by atoms with Crippen LogP contribution in [0.4, 0.5) is 61.9 Å². The predicted octanol–water partition coefficient (Wildman–Crippen LogP) is 4.86. The topological polar surface area (TPSA) is 38.3 Å². The molecule has 0 rings (SSSR count). The van der Waals surface area contributed by atoms with Crippen LogP contribution >= 0.6 is 0 Å². The van der Waals surface area contributed by atoms with Crippen molar-refractivity contribution in [2.45, 2.75) is 49.1 Å². The Hall–Kier alpha value is -1.64. The molecule has 0 saturated heterocycles. The molecular formula is C11H10F13NO2. The number of nitrogens with one attached hydrogen (secondary N) is 1. The number of alkyl halides is 13. The molecule has 0 aromatic rings. The molecule has 0 aliphatic rings. The Morgan fingerprint density at radius 1 is 0.741 bits per heavy atom. The van der Waals surface area contributed by atoms with Crippen LogP contribution in [0.15, 0.2) is 0 Å². The SMILES string of the molecule is CCNC(=O)OCCC(F)(F)C(F)(F)C(F)(F)C(F)(F)C(F)(F)C(F)(F)F. The van der Waals surface area contributed by atoms with Crippen LogP contribution in [0.5, 0.6) is 0 Å². The molecule has 162 valence electrons. The average Bonchev–Trinajstić information content (AvgIpc) is 2.45. The monoisotopic (exact) mass is 435 g/mol. The summed E-state index contributed by atoms with van der Waals surface area (Å²) < 4.78 is 170. The minimum absolute atomic E-state index is 0.151. The van der Waals surface area contributed by atoms with Gasteiger partial charge in [-0.25, -0.2) is 4.79 Å². The summed E-state index contributed by atoms with van der Waals surface area (Å²) in [7, 11) is 0. The van der Waals surface area contributed by atoms with E-state index in [0.29, 0.717) is 0 Å². The van der Waals surface area contributed by atoms with E-state index in [-0.39, 0.29) is 6.54 Å². The van der Waals surface area contributed by atoms with E-state index in [1.54, 1.807) is 5.32 Å². The van der Waals surface area contributed by atoms with Crippen molar-refractivity contribution in [3.8, 4) is 0 Å². The number of carbonyl (C=O) groups excluding carboxylic acids is 1. The number of amides is 1. The second kappa shape index (κ2) is 7.41. The van der Waals surface area contributed by atoms with Gasteiger partial charge in [0.1, 0.15) is 0 Å². The minimum atomic E-state index is -7.94. The van der Waals surface area contributed by atoms with Crippen molar-refractivity contribution in [3.05, 3.63) is 0 Å². The molecule has 27 heavy (non-hydrogen) atoms. The molecule has 0 radical (unpaired) electrons. The van der Waals surface area contributed by atoms with Crippen LogP contribution in [0, 0.1) is 0 Å². The average molecular weight is 435 g/mol. The van der Waals surface area contributed by atoms with Crippen LogP contribution in [0.2, 0.25) is 0 Å². The molecule has 1 N–H and O–H groups in total. The van der Waals surface area contributed by atoms with E-state index in [0.717, 1.165) is 0 Å². The molecule has 3 nitrogen and oxygen atoms in total. The first-order chi connectivity index (χ1) is 11.7. The van der Waals surface area contributed by atoms with E-state index < -0.39 is 54.9 Å². The molecule has 0 fully saturated rings. The van der Waals surface area contributed by atoms with Gasteiger partial charge in [0.2, 0.25) is 0 Å². The zero-order valence-electron chi connectivity index (χ0n) is 12.9. The highest BCUT2D eigenvalue weighted by molar-refractivity contribution is 5.66. The van der Waals surface area contributed by atoms with Gasteiger partial charge in [0, 0.05) is 6.54 Å². The van der Waals surface area contributed by atoms with Crippen molar-refractivity contribution >= 4 is 6.09 Å². The third kappa shape index (κ3) is 4.28. The largest absolute Gasteiger partial charge is 0.460 e. The standard InChI is InChI=1S/C11H10F13NO2/c1-2-25-5(26)27-4-3-6(12,13)7(14,15)8(16,17)9(18,19)10(20,21)11(22,23)24/h2-4H2,1H3,(H,25,26). The van der Waals surface area contributed by atoms with Crippen molar-refractivity contribution in [3.63, 3.8) is 0 Å². The quantitative estimate of drug-likeness (QED) is 0.554. The lowest BCUT2D eigenvalue weighted by molar-refractivity contribution is -0.440. The van der Waals surface area contributed by atoms with Crippen LogP contribution in [-0.4, -0.2) is 55.0 Å². The maximum absolute atomic E-state index is 13.2. The highest BCUT2D eigenvalue weighted by Crippen LogP contribution is 2.60. The lowest BCUT2D eigenvalue weighted by Gasteiger charge is -2.39. The van der Waals surface area contributed by atoms with Gasteiger partial charge in [-0.3, -0.25) is 0 Å². The van der Waals surface area contributed by atoms with Crippen LogP contribution in [-0.2, 0) is 4.74 Å². The van der Waals surface area contributed by atoms with Crippen molar-refractivity contribution in [1.82, 2.24) is 5.32 Å². The number of rotatable bonds is 8. The maximum atomic E-state index is 13.2. The van der Waals surface area contributed by atoms with Gasteiger partial charge in [-0.05, 0) is 6.92 Å².